The van der Waals surface area contributed by atoms with E-state index in [1.807, 2.05) is 24.3 Å². The van der Waals surface area contributed by atoms with Crippen LogP contribution in [0.25, 0.3) is 0 Å². The molecule has 2 aromatic rings. The lowest BCUT2D eigenvalue weighted by atomic mass is 10.0. The monoisotopic (exact) mass is 355 g/mol. The molecule has 3 rings (SSSR count). The summed E-state index contributed by atoms with van der Waals surface area (Å²) in [5.74, 6) is -0.104. The van der Waals surface area contributed by atoms with Crippen LogP contribution in [-0.2, 0) is 4.79 Å². The lowest BCUT2D eigenvalue weighted by Crippen LogP contribution is -2.39. The van der Waals surface area contributed by atoms with Crippen LogP contribution < -0.4 is 15.5 Å². The fourth-order valence-electron chi connectivity index (χ4n) is 3.00. The van der Waals surface area contributed by atoms with Gasteiger partial charge in [0.25, 0.3) is 0 Å². The van der Waals surface area contributed by atoms with Crippen LogP contribution >= 0.6 is 0 Å². The first-order valence-corrected chi connectivity index (χ1v) is 8.66. The van der Waals surface area contributed by atoms with Crippen molar-refractivity contribution in [3.63, 3.8) is 0 Å². The molecule has 2 N–H and O–H groups in total. The number of urea groups is 1. The lowest BCUT2D eigenvalue weighted by molar-refractivity contribution is -0.117. The second-order valence-electron chi connectivity index (χ2n) is 6.76. The van der Waals surface area contributed by atoms with Gasteiger partial charge in [-0.1, -0.05) is 32.0 Å². The second kappa shape index (κ2) is 7.56. The molecule has 1 heterocycles. The average Bonchev–Trinajstić information content (AvgIpc) is 2.95. The number of carbonyl (C=O) groups is 2. The van der Waals surface area contributed by atoms with E-state index in [1.54, 1.807) is 12.1 Å². The van der Waals surface area contributed by atoms with E-state index in [-0.39, 0.29) is 24.4 Å². The van der Waals surface area contributed by atoms with Gasteiger partial charge in [-0.2, -0.15) is 0 Å². The van der Waals surface area contributed by atoms with Gasteiger partial charge in [0.2, 0.25) is 5.91 Å². The first-order valence-electron chi connectivity index (χ1n) is 8.66. The van der Waals surface area contributed by atoms with Crippen LogP contribution in [0.15, 0.2) is 48.5 Å². The number of anilines is 2. The molecule has 1 aliphatic heterocycles. The van der Waals surface area contributed by atoms with Crippen molar-refractivity contribution in [2.45, 2.75) is 32.2 Å². The molecule has 0 radical (unpaired) electrons. The molecule has 6 heteroatoms. The van der Waals surface area contributed by atoms with E-state index in [2.05, 4.69) is 24.5 Å². The van der Waals surface area contributed by atoms with Crippen LogP contribution in [-0.4, -0.2) is 24.5 Å². The standard InChI is InChI=1S/C20H22FN3O2/c1-13(2)14-6-8-16(9-7-14)22-20(26)23-17-11-19(25)24(12-17)18-5-3-4-15(21)10-18/h3-10,13,17H,11-12H2,1-2H3,(H2,22,23,26). The molecule has 1 saturated heterocycles. The van der Waals surface area contributed by atoms with Crippen molar-refractivity contribution < 1.29 is 14.0 Å². The Hall–Kier alpha value is -2.89. The van der Waals surface area contributed by atoms with E-state index in [9.17, 15) is 14.0 Å². The summed E-state index contributed by atoms with van der Waals surface area (Å²) in [7, 11) is 0. The molecule has 26 heavy (non-hydrogen) atoms. The summed E-state index contributed by atoms with van der Waals surface area (Å²) in [6.45, 7) is 4.54. The van der Waals surface area contributed by atoms with Gasteiger partial charge in [-0.25, -0.2) is 9.18 Å². The fraction of sp³-hybridized carbons (Fsp3) is 0.300. The third-order valence-electron chi connectivity index (χ3n) is 4.42. The summed E-state index contributed by atoms with van der Waals surface area (Å²) in [4.78, 5) is 25.8. The van der Waals surface area contributed by atoms with Gasteiger partial charge < -0.3 is 15.5 Å². The van der Waals surface area contributed by atoms with Crippen molar-refractivity contribution >= 4 is 23.3 Å². The minimum Gasteiger partial charge on any atom is -0.333 e. The summed E-state index contributed by atoms with van der Waals surface area (Å²) in [5, 5.41) is 5.58. The van der Waals surface area contributed by atoms with Gasteiger partial charge in [0.05, 0.1) is 6.04 Å². The predicted octanol–water partition coefficient (Wildman–Crippen LogP) is 3.88. The highest BCUT2D eigenvalue weighted by Gasteiger charge is 2.31. The largest absolute Gasteiger partial charge is 0.333 e. The van der Waals surface area contributed by atoms with Crippen molar-refractivity contribution in [2.75, 3.05) is 16.8 Å². The van der Waals surface area contributed by atoms with Gasteiger partial charge in [0.15, 0.2) is 0 Å². The summed E-state index contributed by atoms with van der Waals surface area (Å²) in [6, 6.07) is 12.9. The highest BCUT2D eigenvalue weighted by molar-refractivity contribution is 5.97. The Bertz CT molecular complexity index is 805. The van der Waals surface area contributed by atoms with Crippen LogP contribution in [0.4, 0.5) is 20.6 Å². The first kappa shape index (κ1) is 17.9. The summed E-state index contributed by atoms with van der Waals surface area (Å²) in [5.41, 5.74) is 2.39. The van der Waals surface area contributed by atoms with Crippen LogP contribution in [0, 0.1) is 5.82 Å². The Labute approximate surface area is 152 Å². The molecule has 0 aliphatic carbocycles. The van der Waals surface area contributed by atoms with E-state index >= 15 is 0 Å². The Morgan fingerprint density at radius 2 is 1.92 bits per heavy atom. The summed E-state index contributed by atoms with van der Waals surface area (Å²) in [6.07, 6.45) is 0.191. The molecule has 1 unspecified atom stereocenters. The Morgan fingerprint density at radius 3 is 2.58 bits per heavy atom. The predicted molar refractivity (Wildman–Crippen MR) is 99.8 cm³/mol. The molecule has 136 valence electrons. The molecule has 0 aromatic heterocycles. The van der Waals surface area contributed by atoms with Crippen molar-refractivity contribution in [1.82, 2.24) is 5.32 Å². The van der Waals surface area contributed by atoms with Crippen LogP contribution in [0.2, 0.25) is 0 Å². The van der Waals surface area contributed by atoms with Crippen LogP contribution in [0.5, 0.6) is 0 Å². The van der Waals surface area contributed by atoms with Gasteiger partial charge in [0.1, 0.15) is 5.82 Å². The Kier molecular flexibility index (Phi) is 5.21. The van der Waals surface area contributed by atoms with E-state index < -0.39 is 5.82 Å². The summed E-state index contributed by atoms with van der Waals surface area (Å²) < 4.78 is 13.4. The molecule has 1 atom stereocenters. The van der Waals surface area contributed by atoms with Crippen molar-refractivity contribution in [1.29, 1.82) is 0 Å². The SMILES string of the molecule is CC(C)c1ccc(NC(=O)NC2CC(=O)N(c3cccc(F)c3)C2)cc1. The van der Waals surface area contributed by atoms with Crippen molar-refractivity contribution in [3.05, 3.63) is 59.9 Å². The Balaban J connectivity index is 1.57. The fourth-order valence-corrected chi connectivity index (χ4v) is 3.00. The Morgan fingerprint density at radius 1 is 1.19 bits per heavy atom. The third-order valence-corrected chi connectivity index (χ3v) is 4.42. The minimum absolute atomic E-state index is 0.137. The van der Waals surface area contributed by atoms with Crippen molar-refractivity contribution in [2.24, 2.45) is 0 Å². The minimum atomic E-state index is -0.394. The summed E-state index contributed by atoms with van der Waals surface area (Å²) >= 11 is 0. The van der Waals surface area contributed by atoms with E-state index in [1.165, 1.54) is 22.6 Å². The number of carbonyl (C=O) groups excluding carboxylic acids is 2. The topological polar surface area (TPSA) is 61.4 Å². The average molecular weight is 355 g/mol. The molecule has 2 aromatic carbocycles. The zero-order valence-electron chi connectivity index (χ0n) is 14.8. The maximum Gasteiger partial charge on any atom is 0.319 e. The second-order valence-corrected chi connectivity index (χ2v) is 6.76. The quantitative estimate of drug-likeness (QED) is 0.874. The first-order chi connectivity index (χ1) is 12.4. The van der Waals surface area contributed by atoms with E-state index in [4.69, 9.17) is 0 Å². The molecular formula is C20H22FN3O2. The number of nitrogens with one attached hydrogen (secondary N) is 2. The number of amides is 3. The molecular weight excluding hydrogens is 333 g/mol. The molecule has 5 nitrogen and oxygen atoms in total. The number of rotatable bonds is 4. The molecule has 0 bridgehead atoms. The van der Waals surface area contributed by atoms with Gasteiger partial charge >= 0.3 is 6.03 Å². The van der Waals surface area contributed by atoms with Gasteiger partial charge in [-0.15, -0.1) is 0 Å². The molecule has 0 spiro atoms. The van der Waals surface area contributed by atoms with Gasteiger partial charge in [0, 0.05) is 24.3 Å². The number of nitrogens with zero attached hydrogens (tertiary/aromatic N) is 1. The van der Waals surface area contributed by atoms with Crippen LogP contribution in [0.3, 0.4) is 0 Å². The maximum absolute atomic E-state index is 13.4. The van der Waals surface area contributed by atoms with Crippen molar-refractivity contribution in [3.8, 4) is 0 Å². The molecule has 0 saturated carbocycles. The number of hydrogen-bond donors (Lipinski definition) is 2. The molecule has 3 amide bonds. The lowest BCUT2D eigenvalue weighted by Gasteiger charge is -2.17. The van der Waals surface area contributed by atoms with E-state index in [0.29, 0.717) is 23.8 Å². The maximum atomic E-state index is 13.4. The smallest absolute Gasteiger partial charge is 0.319 e. The highest BCUT2D eigenvalue weighted by atomic mass is 19.1. The molecule has 1 aliphatic rings. The van der Waals surface area contributed by atoms with Crippen LogP contribution in [0.1, 0.15) is 31.7 Å². The normalized spacial score (nSPS) is 16.8. The zero-order chi connectivity index (χ0) is 18.7. The molecule has 1 fully saturated rings. The van der Waals surface area contributed by atoms with E-state index in [0.717, 1.165) is 0 Å². The highest BCUT2D eigenvalue weighted by Crippen LogP contribution is 2.22. The number of benzene rings is 2. The zero-order valence-corrected chi connectivity index (χ0v) is 14.8. The third kappa shape index (κ3) is 4.20. The number of hydrogen-bond acceptors (Lipinski definition) is 2. The number of halogens is 1. The van der Waals surface area contributed by atoms with Gasteiger partial charge in [-0.05, 0) is 41.8 Å². The van der Waals surface area contributed by atoms with Gasteiger partial charge in [-0.3, -0.25) is 4.79 Å².